The molecule has 0 bridgehead atoms. The van der Waals surface area contributed by atoms with Crippen molar-refractivity contribution in [2.45, 2.75) is 26.1 Å². The van der Waals surface area contributed by atoms with E-state index in [1.165, 1.54) is 12.1 Å². The molecule has 1 heterocycles. The fourth-order valence-corrected chi connectivity index (χ4v) is 2.53. The fourth-order valence-electron chi connectivity index (χ4n) is 2.02. The maximum Gasteiger partial charge on any atom is 0.142 e. The number of benzene rings is 1. The first-order valence-corrected chi connectivity index (χ1v) is 6.75. The van der Waals surface area contributed by atoms with Crippen molar-refractivity contribution in [2.75, 3.05) is 13.1 Å². The van der Waals surface area contributed by atoms with Gasteiger partial charge in [0.1, 0.15) is 5.82 Å². The minimum atomic E-state index is -0.466. The van der Waals surface area contributed by atoms with Gasteiger partial charge in [-0.3, -0.25) is 0 Å². The lowest BCUT2D eigenvalue weighted by molar-refractivity contribution is -0.0603. The first-order chi connectivity index (χ1) is 8.49. The second-order valence-electron chi connectivity index (χ2n) is 4.85. The molecule has 0 radical (unpaired) electrons. The van der Waals surface area contributed by atoms with Gasteiger partial charge in [-0.2, -0.15) is 0 Å². The first kappa shape index (κ1) is 14.1. The van der Waals surface area contributed by atoms with Crippen molar-refractivity contribution in [3.8, 4) is 0 Å². The average molecular weight is 292 g/mol. The van der Waals surface area contributed by atoms with Crippen LogP contribution < -0.4 is 5.32 Å². The Morgan fingerprint density at radius 2 is 2.00 bits per heavy atom. The summed E-state index contributed by atoms with van der Waals surface area (Å²) in [5, 5.41) is 3.76. The largest absolute Gasteiger partial charge is 0.367 e. The molecule has 18 heavy (non-hydrogen) atoms. The first-order valence-electron chi connectivity index (χ1n) is 5.99. The summed E-state index contributed by atoms with van der Waals surface area (Å²) in [7, 11) is 0. The zero-order chi connectivity index (χ0) is 13.3. The molecule has 0 aliphatic carbocycles. The summed E-state index contributed by atoms with van der Waals surface area (Å²) in [5.74, 6) is -0.0671. The van der Waals surface area contributed by atoms with Crippen LogP contribution in [-0.4, -0.2) is 19.2 Å². The van der Waals surface area contributed by atoms with Crippen LogP contribution in [0, 0.1) is 11.7 Å². The molecule has 0 amide bonds. The highest BCUT2D eigenvalue weighted by Crippen LogP contribution is 2.32. The lowest BCUT2D eigenvalue weighted by atomic mass is 10.0. The number of rotatable bonds is 2. The van der Waals surface area contributed by atoms with E-state index in [2.05, 4.69) is 19.2 Å². The van der Waals surface area contributed by atoms with Gasteiger partial charge < -0.3 is 10.1 Å². The molecule has 100 valence electrons. The van der Waals surface area contributed by atoms with Crippen LogP contribution >= 0.6 is 23.2 Å². The van der Waals surface area contributed by atoms with E-state index in [1.807, 2.05) is 0 Å². The monoisotopic (exact) mass is 291 g/mol. The predicted octanol–water partition coefficient (Wildman–Crippen LogP) is 3.82. The third-order valence-electron chi connectivity index (χ3n) is 3.14. The Morgan fingerprint density at radius 3 is 2.67 bits per heavy atom. The molecule has 1 aromatic carbocycles. The van der Waals surface area contributed by atoms with Gasteiger partial charge in [-0.15, -0.1) is 0 Å². The summed E-state index contributed by atoms with van der Waals surface area (Å²) in [5.41, 5.74) is 0.649. The van der Waals surface area contributed by atoms with Crippen LogP contribution in [0.4, 0.5) is 4.39 Å². The van der Waals surface area contributed by atoms with Crippen LogP contribution in [0.2, 0.25) is 10.0 Å². The van der Waals surface area contributed by atoms with E-state index < -0.39 is 5.82 Å². The summed E-state index contributed by atoms with van der Waals surface area (Å²) in [4.78, 5) is 0. The molecular weight excluding hydrogens is 276 g/mol. The fraction of sp³-hybridized carbons (Fsp3) is 0.538. The summed E-state index contributed by atoms with van der Waals surface area (Å²) in [6.07, 6.45) is -0.121. The molecule has 1 fully saturated rings. The van der Waals surface area contributed by atoms with Crippen molar-refractivity contribution in [3.05, 3.63) is 33.6 Å². The lowest BCUT2D eigenvalue weighted by Crippen LogP contribution is -2.43. The van der Waals surface area contributed by atoms with Gasteiger partial charge in [0.25, 0.3) is 0 Å². The molecule has 2 atom stereocenters. The number of halogens is 3. The highest BCUT2D eigenvalue weighted by atomic mass is 35.5. The van der Waals surface area contributed by atoms with Crippen molar-refractivity contribution in [1.82, 2.24) is 5.32 Å². The number of hydrogen-bond donors (Lipinski definition) is 1. The Balaban J connectivity index is 2.23. The summed E-state index contributed by atoms with van der Waals surface area (Å²) in [6.45, 7) is 5.63. The molecule has 5 heteroatoms. The van der Waals surface area contributed by atoms with Crippen molar-refractivity contribution in [3.63, 3.8) is 0 Å². The van der Waals surface area contributed by atoms with Gasteiger partial charge >= 0.3 is 0 Å². The average Bonchev–Trinajstić information content (AvgIpc) is 2.34. The molecule has 1 saturated heterocycles. The van der Waals surface area contributed by atoms with E-state index >= 15 is 0 Å². The second-order valence-corrected chi connectivity index (χ2v) is 5.67. The van der Waals surface area contributed by atoms with Crippen LogP contribution in [0.5, 0.6) is 0 Å². The van der Waals surface area contributed by atoms with E-state index in [0.717, 1.165) is 6.54 Å². The number of nitrogens with one attached hydrogen (secondary N) is 1. The Bertz CT molecular complexity index is 439. The standard InChI is InChI=1S/C13H16Cl2FNO/c1-7(2)12-5-17-6-13(18-12)8-3-11(16)10(15)4-9(8)14/h3-4,7,12-13,17H,5-6H2,1-2H3. The van der Waals surface area contributed by atoms with Gasteiger partial charge in [-0.25, -0.2) is 4.39 Å². The molecule has 1 aromatic rings. The van der Waals surface area contributed by atoms with Gasteiger partial charge in [0.15, 0.2) is 0 Å². The van der Waals surface area contributed by atoms with E-state index in [0.29, 0.717) is 23.0 Å². The van der Waals surface area contributed by atoms with Crippen LogP contribution in [0.15, 0.2) is 12.1 Å². The molecule has 1 aliphatic rings. The topological polar surface area (TPSA) is 21.3 Å². The molecule has 2 rings (SSSR count). The molecule has 2 unspecified atom stereocenters. The Hall–Kier alpha value is -0.350. The predicted molar refractivity (Wildman–Crippen MR) is 71.7 cm³/mol. The number of hydrogen-bond acceptors (Lipinski definition) is 2. The normalized spacial score (nSPS) is 24.6. The summed E-state index contributed by atoms with van der Waals surface area (Å²) in [6, 6.07) is 2.79. The Labute approximate surface area is 116 Å². The van der Waals surface area contributed by atoms with Crippen LogP contribution in [-0.2, 0) is 4.74 Å². The SMILES string of the molecule is CC(C)C1CNCC(c2cc(F)c(Cl)cc2Cl)O1. The van der Waals surface area contributed by atoms with Crippen LogP contribution in [0.3, 0.4) is 0 Å². The zero-order valence-electron chi connectivity index (χ0n) is 10.3. The van der Waals surface area contributed by atoms with Crippen molar-refractivity contribution in [1.29, 1.82) is 0 Å². The third-order valence-corrected chi connectivity index (χ3v) is 3.76. The molecular formula is C13H16Cl2FNO. The van der Waals surface area contributed by atoms with Gasteiger partial charge in [-0.1, -0.05) is 37.0 Å². The number of ether oxygens (including phenoxy) is 1. The maximum absolute atomic E-state index is 13.5. The molecule has 0 saturated carbocycles. The Morgan fingerprint density at radius 1 is 1.28 bits per heavy atom. The minimum Gasteiger partial charge on any atom is -0.367 e. The summed E-state index contributed by atoms with van der Waals surface area (Å²) < 4.78 is 19.5. The van der Waals surface area contributed by atoms with Crippen molar-refractivity contribution in [2.24, 2.45) is 5.92 Å². The highest BCUT2D eigenvalue weighted by Gasteiger charge is 2.27. The molecule has 0 spiro atoms. The minimum absolute atomic E-state index is 0.0351. The second kappa shape index (κ2) is 5.74. The smallest absolute Gasteiger partial charge is 0.142 e. The van der Waals surface area contributed by atoms with Crippen LogP contribution in [0.25, 0.3) is 0 Å². The van der Waals surface area contributed by atoms with E-state index in [9.17, 15) is 4.39 Å². The van der Waals surface area contributed by atoms with Gasteiger partial charge in [0.2, 0.25) is 0 Å². The van der Waals surface area contributed by atoms with E-state index in [-0.39, 0.29) is 17.2 Å². The molecule has 1 N–H and O–H groups in total. The van der Waals surface area contributed by atoms with Crippen LogP contribution in [0.1, 0.15) is 25.5 Å². The van der Waals surface area contributed by atoms with E-state index in [4.69, 9.17) is 27.9 Å². The number of morpholine rings is 1. The molecule has 1 aliphatic heterocycles. The summed E-state index contributed by atoms with van der Waals surface area (Å²) >= 11 is 11.8. The van der Waals surface area contributed by atoms with E-state index in [1.54, 1.807) is 0 Å². The quantitative estimate of drug-likeness (QED) is 0.837. The van der Waals surface area contributed by atoms with Gasteiger partial charge in [0, 0.05) is 23.7 Å². The third kappa shape index (κ3) is 2.97. The van der Waals surface area contributed by atoms with Crippen molar-refractivity contribution >= 4 is 23.2 Å². The highest BCUT2D eigenvalue weighted by molar-refractivity contribution is 6.35. The Kier molecular flexibility index (Phi) is 4.49. The maximum atomic E-state index is 13.5. The zero-order valence-corrected chi connectivity index (χ0v) is 11.9. The van der Waals surface area contributed by atoms with Gasteiger partial charge in [0.05, 0.1) is 17.2 Å². The molecule has 0 aromatic heterocycles. The van der Waals surface area contributed by atoms with Crippen molar-refractivity contribution < 1.29 is 9.13 Å². The molecule has 2 nitrogen and oxygen atoms in total. The van der Waals surface area contributed by atoms with Gasteiger partial charge in [-0.05, 0) is 18.1 Å². The lowest BCUT2D eigenvalue weighted by Gasteiger charge is -2.33.